The van der Waals surface area contributed by atoms with Gasteiger partial charge in [-0.3, -0.25) is 30.7 Å². The van der Waals surface area contributed by atoms with Gasteiger partial charge in [-0.2, -0.15) is 0 Å². The van der Waals surface area contributed by atoms with Crippen molar-refractivity contribution in [3.63, 3.8) is 0 Å². The van der Waals surface area contributed by atoms with Gasteiger partial charge in [0.25, 0.3) is 0 Å². The Morgan fingerprint density at radius 1 is 0.857 bits per heavy atom. The summed E-state index contributed by atoms with van der Waals surface area (Å²) < 4.78 is 0. The van der Waals surface area contributed by atoms with E-state index in [1.807, 2.05) is 53.7 Å². The number of hydrazine groups is 2. The molecule has 0 atom stereocenters. The molecule has 0 spiro atoms. The van der Waals surface area contributed by atoms with Gasteiger partial charge in [-0.05, 0) is 33.9 Å². The Bertz CT molecular complexity index is 711. The van der Waals surface area contributed by atoms with Crippen molar-refractivity contribution in [3.05, 3.63) is 28.8 Å². The summed E-state index contributed by atoms with van der Waals surface area (Å²) >= 11 is 0. The molecule has 28 heavy (non-hydrogen) atoms. The molecule has 0 saturated heterocycles. The predicted molar refractivity (Wildman–Crippen MR) is 107 cm³/mol. The topological polar surface area (TPSA) is 120 Å². The molecule has 3 amide bonds. The first-order valence-corrected chi connectivity index (χ1v) is 9.20. The van der Waals surface area contributed by atoms with Gasteiger partial charge in [0.05, 0.1) is 0 Å². The summed E-state index contributed by atoms with van der Waals surface area (Å²) in [4.78, 5) is 34.7. The van der Waals surface area contributed by atoms with Crippen LogP contribution in [0.2, 0.25) is 0 Å². The van der Waals surface area contributed by atoms with Crippen LogP contribution in [0.15, 0.2) is 12.1 Å². The third-order valence-corrected chi connectivity index (χ3v) is 4.19. The standard InChI is InChI=1S/C20H32N4O4/c1-19(2,3)13-10-12(11-14(16(13)26)20(4,5)6)8-9-15(25)22-24-18(28)17(27)23-21-7/h10-11,21,26H,8-9H2,1-7H3,(H,22,25)(H,23,27)(H,24,28). The van der Waals surface area contributed by atoms with Crippen molar-refractivity contribution in [1.82, 2.24) is 21.7 Å². The lowest BCUT2D eigenvalue weighted by Crippen LogP contribution is -2.50. The number of phenols is 1. The molecule has 0 unspecified atom stereocenters. The number of hydrogen-bond donors (Lipinski definition) is 5. The van der Waals surface area contributed by atoms with Crippen molar-refractivity contribution in [2.24, 2.45) is 0 Å². The Morgan fingerprint density at radius 3 is 1.75 bits per heavy atom. The lowest BCUT2D eigenvalue weighted by atomic mass is 9.78. The zero-order chi connectivity index (χ0) is 21.7. The molecule has 0 bridgehead atoms. The van der Waals surface area contributed by atoms with Gasteiger partial charge in [-0.1, -0.05) is 53.7 Å². The van der Waals surface area contributed by atoms with Gasteiger partial charge in [-0.15, -0.1) is 0 Å². The normalized spacial score (nSPS) is 11.7. The van der Waals surface area contributed by atoms with Gasteiger partial charge < -0.3 is 5.11 Å². The summed E-state index contributed by atoms with van der Waals surface area (Å²) in [7, 11) is 1.44. The van der Waals surface area contributed by atoms with Crippen LogP contribution in [0.5, 0.6) is 5.75 Å². The molecule has 0 saturated carbocycles. The highest BCUT2D eigenvalue weighted by atomic mass is 16.3. The van der Waals surface area contributed by atoms with Crippen molar-refractivity contribution < 1.29 is 19.5 Å². The number of amides is 3. The van der Waals surface area contributed by atoms with Crippen LogP contribution in [0, 0.1) is 0 Å². The van der Waals surface area contributed by atoms with E-state index in [2.05, 4.69) is 21.7 Å². The Hall–Kier alpha value is -2.61. The van der Waals surface area contributed by atoms with Crippen molar-refractivity contribution in [2.45, 2.75) is 65.2 Å². The van der Waals surface area contributed by atoms with Gasteiger partial charge in [-0.25, -0.2) is 5.43 Å². The minimum absolute atomic E-state index is 0.117. The molecule has 1 aromatic carbocycles. The minimum Gasteiger partial charge on any atom is -0.507 e. The average molecular weight is 393 g/mol. The van der Waals surface area contributed by atoms with E-state index in [-0.39, 0.29) is 23.0 Å². The molecular weight excluding hydrogens is 360 g/mol. The number of benzene rings is 1. The zero-order valence-corrected chi connectivity index (χ0v) is 17.7. The summed E-state index contributed by atoms with van der Waals surface area (Å²) in [6, 6.07) is 3.83. The number of phenolic OH excluding ortho intramolecular Hbond substituents is 1. The summed E-state index contributed by atoms with van der Waals surface area (Å²) in [5.74, 6) is -2.02. The highest BCUT2D eigenvalue weighted by molar-refractivity contribution is 6.35. The molecule has 0 aliphatic rings. The largest absolute Gasteiger partial charge is 0.507 e. The number of hydrogen-bond acceptors (Lipinski definition) is 5. The maximum atomic E-state index is 12.0. The first-order chi connectivity index (χ1) is 12.8. The van der Waals surface area contributed by atoms with E-state index in [9.17, 15) is 19.5 Å². The van der Waals surface area contributed by atoms with Crippen molar-refractivity contribution in [1.29, 1.82) is 0 Å². The fourth-order valence-corrected chi connectivity index (χ4v) is 2.66. The quantitative estimate of drug-likeness (QED) is 0.391. The van der Waals surface area contributed by atoms with E-state index in [4.69, 9.17) is 0 Å². The molecule has 0 fully saturated rings. The molecular formula is C20H32N4O4. The van der Waals surface area contributed by atoms with Crippen molar-refractivity contribution in [3.8, 4) is 5.75 Å². The molecule has 0 radical (unpaired) electrons. The molecule has 8 heteroatoms. The van der Waals surface area contributed by atoms with E-state index in [0.717, 1.165) is 16.7 Å². The molecule has 5 N–H and O–H groups in total. The second-order valence-corrected chi connectivity index (χ2v) is 8.75. The maximum absolute atomic E-state index is 12.0. The predicted octanol–water partition coefficient (Wildman–Crippen LogP) is 1.32. The lowest BCUT2D eigenvalue weighted by Gasteiger charge is -2.28. The molecule has 1 rings (SSSR count). The molecule has 1 aromatic rings. The second kappa shape index (κ2) is 9.05. The lowest BCUT2D eigenvalue weighted by molar-refractivity contribution is -0.141. The first kappa shape index (κ1) is 23.4. The zero-order valence-electron chi connectivity index (χ0n) is 17.7. The molecule has 8 nitrogen and oxygen atoms in total. The van der Waals surface area contributed by atoms with Crippen molar-refractivity contribution >= 4 is 17.7 Å². The fourth-order valence-electron chi connectivity index (χ4n) is 2.66. The van der Waals surface area contributed by atoms with Gasteiger partial charge >= 0.3 is 11.8 Å². The molecule has 0 heterocycles. The molecule has 0 aliphatic carbocycles. The van der Waals surface area contributed by atoms with Crippen LogP contribution in [0.3, 0.4) is 0 Å². The number of nitrogens with one attached hydrogen (secondary N) is 4. The third kappa shape index (κ3) is 6.53. The fraction of sp³-hybridized carbons (Fsp3) is 0.550. The Morgan fingerprint density at radius 2 is 1.32 bits per heavy atom. The van der Waals surface area contributed by atoms with Crippen LogP contribution in [-0.4, -0.2) is 29.9 Å². The number of carbonyl (C=O) groups excluding carboxylic acids is 3. The Kier molecular flexibility index (Phi) is 7.58. The van der Waals surface area contributed by atoms with Crippen LogP contribution >= 0.6 is 0 Å². The second-order valence-electron chi connectivity index (χ2n) is 8.75. The van der Waals surface area contributed by atoms with Gasteiger partial charge in [0.1, 0.15) is 5.75 Å². The average Bonchev–Trinajstić information content (AvgIpc) is 2.56. The molecule has 156 valence electrons. The monoisotopic (exact) mass is 392 g/mol. The van der Waals surface area contributed by atoms with E-state index in [1.54, 1.807) is 0 Å². The first-order valence-electron chi connectivity index (χ1n) is 9.20. The summed E-state index contributed by atoms with van der Waals surface area (Å²) in [6.45, 7) is 12.1. The Labute approximate surface area is 166 Å². The van der Waals surface area contributed by atoms with Crippen LogP contribution in [-0.2, 0) is 31.6 Å². The number of carbonyl (C=O) groups is 3. The van der Waals surface area contributed by atoms with Crippen LogP contribution in [0.1, 0.15) is 64.7 Å². The van der Waals surface area contributed by atoms with E-state index >= 15 is 0 Å². The van der Waals surface area contributed by atoms with E-state index in [1.165, 1.54) is 7.05 Å². The minimum atomic E-state index is -0.975. The summed E-state index contributed by atoms with van der Waals surface area (Å²) in [6.07, 6.45) is 0.544. The maximum Gasteiger partial charge on any atom is 0.329 e. The number of aryl methyl sites for hydroxylation is 1. The highest BCUT2D eigenvalue weighted by Gasteiger charge is 2.26. The summed E-state index contributed by atoms with van der Waals surface area (Å²) in [5, 5.41) is 10.7. The van der Waals surface area contributed by atoms with Crippen molar-refractivity contribution in [2.75, 3.05) is 7.05 Å². The van der Waals surface area contributed by atoms with Crippen LogP contribution < -0.4 is 21.7 Å². The molecule has 0 aromatic heterocycles. The SMILES string of the molecule is CNNC(=O)C(=O)NNC(=O)CCc1cc(C(C)(C)C)c(O)c(C(C)(C)C)c1. The highest BCUT2D eigenvalue weighted by Crippen LogP contribution is 2.39. The van der Waals surface area contributed by atoms with Gasteiger partial charge in [0.2, 0.25) is 5.91 Å². The van der Waals surface area contributed by atoms with E-state index in [0.29, 0.717) is 6.42 Å². The smallest absolute Gasteiger partial charge is 0.329 e. The van der Waals surface area contributed by atoms with Crippen LogP contribution in [0.25, 0.3) is 0 Å². The molecule has 0 aliphatic heterocycles. The third-order valence-electron chi connectivity index (χ3n) is 4.19. The van der Waals surface area contributed by atoms with Gasteiger partial charge in [0, 0.05) is 13.5 Å². The van der Waals surface area contributed by atoms with Crippen LogP contribution in [0.4, 0.5) is 0 Å². The number of aromatic hydroxyl groups is 1. The van der Waals surface area contributed by atoms with Gasteiger partial charge in [0.15, 0.2) is 0 Å². The van der Waals surface area contributed by atoms with E-state index < -0.39 is 17.7 Å². The number of rotatable bonds is 4. The Balaban J connectivity index is 2.88. The summed E-state index contributed by atoms with van der Waals surface area (Å²) in [5.41, 5.74) is 10.8.